The van der Waals surface area contributed by atoms with Gasteiger partial charge >= 0.3 is 0 Å². The molecule has 0 atom stereocenters. The maximum Gasteiger partial charge on any atom is 0.212 e. The number of aromatic nitrogens is 2. The molecule has 2 aromatic heterocycles. The maximum atomic E-state index is 4.67. The molecular weight excluding hydrogens is 280 g/mol. The number of benzene rings is 1. The molecule has 1 aliphatic carbocycles. The quantitative estimate of drug-likeness (QED) is 0.616. The minimum absolute atomic E-state index is 0.0538. The number of rotatable bonds is 1. The highest BCUT2D eigenvalue weighted by Crippen LogP contribution is 2.49. The van der Waals surface area contributed by atoms with Crippen LogP contribution in [0.4, 0.5) is 0 Å². The van der Waals surface area contributed by atoms with Crippen molar-refractivity contribution in [2.24, 2.45) is 7.05 Å². The van der Waals surface area contributed by atoms with E-state index in [4.69, 9.17) is 0 Å². The van der Waals surface area contributed by atoms with E-state index >= 15 is 0 Å². The van der Waals surface area contributed by atoms with Gasteiger partial charge in [-0.25, -0.2) is 4.57 Å². The Kier molecular flexibility index (Phi) is 2.92. The minimum Gasteiger partial charge on any atom is -0.260 e. The lowest BCUT2D eigenvalue weighted by atomic mass is 9.83. The van der Waals surface area contributed by atoms with Gasteiger partial charge in [-0.05, 0) is 41.8 Å². The monoisotopic (exact) mass is 301 g/mol. The van der Waals surface area contributed by atoms with Gasteiger partial charge < -0.3 is 0 Å². The summed E-state index contributed by atoms with van der Waals surface area (Å²) in [6, 6.07) is 15.3. The van der Waals surface area contributed by atoms with Gasteiger partial charge in [-0.15, -0.1) is 0 Å². The summed E-state index contributed by atoms with van der Waals surface area (Å²) in [6.45, 7) is 6.74. The smallest absolute Gasteiger partial charge is 0.212 e. The first-order chi connectivity index (χ1) is 11.0. The van der Waals surface area contributed by atoms with Crippen molar-refractivity contribution in [3.05, 3.63) is 71.7 Å². The molecule has 2 heteroatoms. The van der Waals surface area contributed by atoms with Gasteiger partial charge in [-0.2, -0.15) is 0 Å². The van der Waals surface area contributed by atoms with Crippen LogP contribution < -0.4 is 4.57 Å². The summed E-state index contributed by atoms with van der Waals surface area (Å²) in [5, 5.41) is 0. The van der Waals surface area contributed by atoms with E-state index in [1.54, 1.807) is 0 Å². The van der Waals surface area contributed by atoms with E-state index in [1.165, 1.54) is 39.2 Å². The normalized spacial score (nSPS) is 14.4. The number of hydrogen-bond donors (Lipinski definition) is 0. The molecule has 2 heterocycles. The lowest BCUT2D eigenvalue weighted by molar-refractivity contribution is -0.660. The van der Waals surface area contributed by atoms with Crippen LogP contribution in [0.15, 0.2) is 54.9 Å². The third kappa shape index (κ3) is 1.94. The summed E-state index contributed by atoms with van der Waals surface area (Å²) in [6.07, 6.45) is 4.00. The van der Waals surface area contributed by atoms with Crippen LogP contribution in [0.2, 0.25) is 0 Å². The fraction of sp³-hybridized carbons (Fsp3) is 0.238. The number of fused-ring (bicyclic) bond motifs is 3. The van der Waals surface area contributed by atoms with Crippen LogP contribution in [0, 0.1) is 6.92 Å². The SMILES string of the molecule is Cc1cc2c(cc1-c1cccc[n+]1C)C(C)(C)c1ncccc1-2. The molecule has 0 bridgehead atoms. The van der Waals surface area contributed by atoms with Crippen molar-refractivity contribution < 1.29 is 4.57 Å². The van der Waals surface area contributed by atoms with E-state index in [2.05, 4.69) is 80.0 Å². The Morgan fingerprint density at radius 3 is 2.57 bits per heavy atom. The lowest BCUT2D eigenvalue weighted by Gasteiger charge is -2.21. The van der Waals surface area contributed by atoms with E-state index in [1.807, 2.05) is 12.3 Å². The third-order valence-corrected chi connectivity index (χ3v) is 5.06. The van der Waals surface area contributed by atoms with Crippen molar-refractivity contribution in [3.63, 3.8) is 0 Å². The minimum atomic E-state index is -0.0538. The molecule has 0 aliphatic heterocycles. The van der Waals surface area contributed by atoms with E-state index in [-0.39, 0.29) is 5.41 Å². The van der Waals surface area contributed by atoms with Crippen LogP contribution in [-0.4, -0.2) is 4.98 Å². The van der Waals surface area contributed by atoms with Gasteiger partial charge in [-0.3, -0.25) is 4.98 Å². The Hall–Kier alpha value is -2.48. The first kappa shape index (κ1) is 14.1. The molecule has 0 radical (unpaired) electrons. The molecule has 0 saturated heterocycles. The predicted octanol–water partition coefficient (Wildman–Crippen LogP) is 4.19. The van der Waals surface area contributed by atoms with Crippen LogP contribution in [0.25, 0.3) is 22.4 Å². The van der Waals surface area contributed by atoms with Crippen molar-refractivity contribution in [1.82, 2.24) is 4.98 Å². The van der Waals surface area contributed by atoms with Gasteiger partial charge in [0.25, 0.3) is 0 Å². The Balaban J connectivity index is 2.01. The summed E-state index contributed by atoms with van der Waals surface area (Å²) in [4.78, 5) is 4.67. The van der Waals surface area contributed by atoms with Crippen LogP contribution in [0.1, 0.15) is 30.7 Å². The van der Waals surface area contributed by atoms with Crippen LogP contribution in [0.3, 0.4) is 0 Å². The first-order valence-corrected chi connectivity index (χ1v) is 8.06. The molecule has 0 saturated carbocycles. The van der Waals surface area contributed by atoms with Gasteiger partial charge in [0.05, 0.1) is 5.69 Å². The lowest BCUT2D eigenvalue weighted by Crippen LogP contribution is -2.30. The Labute approximate surface area is 137 Å². The molecule has 1 aromatic carbocycles. The van der Waals surface area contributed by atoms with Crippen LogP contribution in [0.5, 0.6) is 0 Å². The molecule has 0 fully saturated rings. The van der Waals surface area contributed by atoms with E-state index in [0.29, 0.717) is 0 Å². The average molecular weight is 301 g/mol. The zero-order valence-electron chi connectivity index (χ0n) is 14.1. The van der Waals surface area contributed by atoms with Crippen LogP contribution in [-0.2, 0) is 12.5 Å². The fourth-order valence-corrected chi connectivity index (χ4v) is 3.78. The van der Waals surface area contributed by atoms with Gasteiger partial charge in [0.2, 0.25) is 5.69 Å². The second-order valence-electron chi connectivity index (χ2n) is 6.93. The van der Waals surface area contributed by atoms with Crippen molar-refractivity contribution in [3.8, 4) is 22.4 Å². The molecule has 23 heavy (non-hydrogen) atoms. The highest BCUT2D eigenvalue weighted by molar-refractivity contribution is 5.83. The van der Waals surface area contributed by atoms with Crippen LogP contribution >= 0.6 is 0 Å². The first-order valence-electron chi connectivity index (χ1n) is 8.06. The topological polar surface area (TPSA) is 16.8 Å². The Morgan fingerprint density at radius 1 is 0.957 bits per heavy atom. The zero-order valence-corrected chi connectivity index (χ0v) is 14.1. The molecule has 2 nitrogen and oxygen atoms in total. The summed E-state index contributed by atoms with van der Waals surface area (Å²) in [5.74, 6) is 0. The van der Waals surface area contributed by atoms with Gasteiger partial charge in [0, 0.05) is 34.9 Å². The average Bonchev–Trinajstić information content (AvgIpc) is 2.76. The Bertz CT molecular complexity index is 923. The molecule has 1 aliphatic rings. The van der Waals surface area contributed by atoms with Crippen molar-refractivity contribution >= 4 is 0 Å². The highest BCUT2D eigenvalue weighted by atomic mass is 14.9. The zero-order chi connectivity index (χ0) is 16.2. The summed E-state index contributed by atoms with van der Waals surface area (Å²) in [7, 11) is 2.10. The summed E-state index contributed by atoms with van der Waals surface area (Å²) >= 11 is 0. The molecule has 0 N–H and O–H groups in total. The fourth-order valence-electron chi connectivity index (χ4n) is 3.78. The molecule has 114 valence electrons. The van der Waals surface area contributed by atoms with Crippen molar-refractivity contribution in [2.45, 2.75) is 26.2 Å². The van der Waals surface area contributed by atoms with E-state index < -0.39 is 0 Å². The van der Waals surface area contributed by atoms with Gasteiger partial charge in [0.1, 0.15) is 7.05 Å². The van der Waals surface area contributed by atoms with Gasteiger partial charge in [0.15, 0.2) is 6.20 Å². The molecular formula is C21H21N2+. The molecule has 0 spiro atoms. The summed E-state index contributed by atoms with van der Waals surface area (Å²) in [5.41, 5.74) is 8.96. The van der Waals surface area contributed by atoms with Gasteiger partial charge in [-0.1, -0.05) is 26.0 Å². The number of hydrogen-bond acceptors (Lipinski definition) is 1. The predicted molar refractivity (Wildman–Crippen MR) is 93.2 cm³/mol. The third-order valence-electron chi connectivity index (χ3n) is 5.06. The standard InChI is InChI=1S/C21H21N2/c1-14-12-17-15-8-7-10-22-20(15)21(2,3)18(17)13-16(14)19-9-5-6-11-23(19)4/h5-13H,1-4H3/q+1. The molecule has 0 unspecified atom stereocenters. The number of nitrogens with zero attached hydrogens (tertiary/aromatic N) is 2. The molecule has 4 rings (SSSR count). The van der Waals surface area contributed by atoms with E-state index in [9.17, 15) is 0 Å². The largest absolute Gasteiger partial charge is 0.260 e. The molecule has 0 amide bonds. The summed E-state index contributed by atoms with van der Waals surface area (Å²) < 4.78 is 2.18. The number of pyridine rings is 2. The van der Waals surface area contributed by atoms with Crippen molar-refractivity contribution in [1.29, 1.82) is 0 Å². The maximum absolute atomic E-state index is 4.67. The Morgan fingerprint density at radius 2 is 1.78 bits per heavy atom. The second kappa shape index (κ2) is 4.76. The second-order valence-corrected chi connectivity index (χ2v) is 6.93. The van der Waals surface area contributed by atoms with E-state index in [0.717, 1.165) is 0 Å². The van der Waals surface area contributed by atoms with Crippen molar-refractivity contribution in [2.75, 3.05) is 0 Å². The molecule has 3 aromatic rings. The number of aryl methyl sites for hydroxylation is 2. The highest BCUT2D eigenvalue weighted by Gasteiger charge is 2.37.